The molecule has 0 spiro atoms. The zero-order chi connectivity index (χ0) is 21.8. The topological polar surface area (TPSA) is 57.0 Å². The first kappa shape index (κ1) is 20.8. The monoisotopic (exact) mass is 433 g/mol. The van der Waals surface area contributed by atoms with Gasteiger partial charge in [0.05, 0.1) is 23.9 Å². The number of carbonyl (C=O) groups excluding carboxylic acids is 1. The van der Waals surface area contributed by atoms with Crippen molar-refractivity contribution in [3.05, 3.63) is 95.3 Å². The molecule has 31 heavy (non-hydrogen) atoms. The van der Waals surface area contributed by atoms with E-state index in [1.54, 1.807) is 30.3 Å². The second-order valence-electron chi connectivity index (χ2n) is 6.89. The van der Waals surface area contributed by atoms with Crippen molar-refractivity contribution in [1.82, 2.24) is 14.8 Å². The Kier molecular flexibility index (Phi) is 6.13. The predicted octanol–water partition coefficient (Wildman–Crippen LogP) is 5.46. The fraction of sp³-hybridized carbons (Fsp3) is 0.125. The van der Waals surface area contributed by atoms with Crippen LogP contribution < -0.4 is 0 Å². The lowest BCUT2D eigenvalue weighted by molar-refractivity contribution is 0.0600. The van der Waals surface area contributed by atoms with Crippen LogP contribution in [0.25, 0.3) is 17.1 Å². The highest BCUT2D eigenvalue weighted by Crippen LogP contribution is 2.32. The molecule has 0 aliphatic rings. The highest BCUT2D eigenvalue weighted by atomic mass is 32.2. The summed E-state index contributed by atoms with van der Waals surface area (Å²) in [5, 5.41) is 9.31. The molecule has 4 rings (SSSR count). The molecule has 0 amide bonds. The maximum Gasteiger partial charge on any atom is 0.337 e. The molecule has 5 nitrogen and oxygen atoms in total. The van der Waals surface area contributed by atoms with Gasteiger partial charge in [0.1, 0.15) is 5.82 Å². The van der Waals surface area contributed by atoms with Gasteiger partial charge in [0.25, 0.3) is 0 Å². The van der Waals surface area contributed by atoms with E-state index in [4.69, 9.17) is 4.74 Å². The Morgan fingerprint density at radius 1 is 1.03 bits per heavy atom. The number of aryl methyl sites for hydroxylation is 1. The van der Waals surface area contributed by atoms with E-state index in [2.05, 4.69) is 10.2 Å². The van der Waals surface area contributed by atoms with E-state index < -0.39 is 0 Å². The van der Waals surface area contributed by atoms with Crippen LogP contribution in [0, 0.1) is 12.7 Å². The molecule has 4 aromatic rings. The molecule has 0 unspecified atom stereocenters. The van der Waals surface area contributed by atoms with E-state index in [1.165, 1.54) is 24.9 Å². The maximum absolute atomic E-state index is 14.6. The number of para-hydroxylation sites is 1. The zero-order valence-corrected chi connectivity index (χ0v) is 17.9. The first-order valence-corrected chi connectivity index (χ1v) is 10.6. The number of rotatable bonds is 6. The third kappa shape index (κ3) is 4.36. The predicted molar refractivity (Wildman–Crippen MR) is 119 cm³/mol. The van der Waals surface area contributed by atoms with Gasteiger partial charge in [-0.2, -0.15) is 0 Å². The van der Waals surface area contributed by atoms with Crippen LogP contribution in [0.15, 0.2) is 78.0 Å². The first-order chi connectivity index (χ1) is 15.1. The molecule has 1 heterocycles. The summed E-state index contributed by atoms with van der Waals surface area (Å²) in [6.07, 6.45) is 0. The first-order valence-electron chi connectivity index (χ1n) is 9.65. The highest BCUT2D eigenvalue weighted by Gasteiger charge is 2.19. The molecule has 7 heteroatoms. The van der Waals surface area contributed by atoms with Crippen LogP contribution in [0.5, 0.6) is 0 Å². The summed E-state index contributed by atoms with van der Waals surface area (Å²) < 4.78 is 21.2. The normalized spacial score (nSPS) is 10.8. The fourth-order valence-electron chi connectivity index (χ4n) is 3.27. The second kappa shape index (κ2) is 9.14. The fourth-order valence-corrected chi connectivity index (χ4v) is 4.15. The molecule has 0 atom stereocenters. The Hall–Kier alpha value is -3.45. The number of methoxy groups -OCH3 is 1. The van der Waals surface area contributed by atoms with E-state index in [-0.39, 0.29) is 11.8 Å². The lowest BCUT2D eigenvalue weighted by atomic mass is 10.1. The van der Waals surface area contributed by atoms with Gasteiger partial charge < -0.3 is 4.74 Å². The summed E-state index contributed by atoms with van der Waals surface area (Å²) in [4.78, 5) is 11.8. The summed E-state index contributed by atoms with van der Waals surface area (Å²) in [6.45, 7) is 1.99. The van der Waals surface area contributed by atoms with Crippen molar-refractivity contribution in [2.45, 2.75) is 17.8 Å². The number of hydrogen-bond acceptors (Lipinski definition) is 5. The molecule has 1 aromatic heterocycles. The van der Waals surface area contributed by atoms with Crippen molar-refractivity contribution in [1.29, 1.82) is 0 Å². The minimum absolute atomic E-state index is 0.355. The molecule has 0 bridgehead atoms. The van der Waals surface area contributed by atoms with Gasteiger partial charge in [-0.05, 0) is 48.4 Å². The van der Waals surface area contributed by atoms with Gasteiger partial charge in [-0.1, -0.05) is 54.2 Å². The average molecular weight is 434 g/mol. The number of carbonyl (C=O) groups is 1. The number of halogens is 1. The molecule has 3 aromatic carbocycles. The van der Waals surface area contributed by atoms with Gasteiger partial charge in [0.15, 0.2) is 11.0 Å². The smallest absolute Gasteiger partial charge is 0.337 e. The van der Waals surface area contributed by atoms with Crippen molar-refractivity contribution in [3.8, 4) is 17.1 Å². The second-order valence-corrected chi connectivity index (χ2v) is 7.83. The van der Waals surface area contributed by atoms with Crippen molar-refractivity contribution in [3.63, 3.8) is 0 Å². The Labute approximate surface area is 183 Å². The van der Waals surface area contributed by atoms with Crippen LogP contribution in [0.2, 0.25) is 0 Å². The summed E-state index contributed by atoms with van der Waals surface area (Å²) in [6, 6.07) is 21.7. The number of nitrogens with zero attached hydrogens (tertiary/aromatic N) is 3. The van der Waals surface area contributed by atoms with E-state index in [1.807, 2.05) is 47.9 Å². The summed E-state index contributed by atoms with van der Waals surface area (Å²) in [5.41, 5.74) is 3.73. The largest absolute Gasteiger partial charge is 0.465 e. The molecule has 0 saturated carbocycles. The van der Waals surface area contributed by atoms with Crippen molar-refractivity contribution < 1.29 is 13.9 Å². The molecule has 156 valence electrons. The zero-order valence-electron chi connectivity index (χ0n) is 17.1. The molecule has 0 aliphatic carbocycles. The number of hydrogen-bond donors (Lipinski definition) is 0. The number of thioether (sulfide) groups is 1. The SMILES string of the molecule is COC(=O)c1cccc(CSc2nnc(-c3ccccc3F)n2-c2ccccc2C)c1. The lowest BCUT2D eigenvalue weighted by Gasteiger charge is -2.13. The quantitative estimate of drug-likeness (QED) is 0.298. The molecular weight excluding hydrogens is 413 g/mol. The molecule has 0 saturated heterocycles. The van der Waals surface area contributed by atoms with E-state index in [9.17, 15) is 9.18 Å². The van der Waals surface area contributed by atoms with Crippen LogP contribution in [-0.4, -0.2) is 27.8 Å². The Bertz CT molecular complexity index is 1240. The van der Waals surface area contributed by atoms with Gasteiger partial charge in [-0.3, -0.25) is 4.57 Å². The summed E-state index contributed by atoms with van der Waals surface area (Å²) in [5.74, 6) is 0.272. The average Bonchev–Trinajstić information content (AvgIpc) is 3.21. The van der Waals surface area contributed by atoms with Crippen LogP contribution in [0.4, 0.5) is 4.39 Å². The number of ether oxygens (including phenoxy) is 1. The van der Waals surface area contributed by atoms with Gasteiger partial charge in [-0.15, -0.1) is 10.2 Å². The summed E-state index contributed by atoms with van der Waals surface area (Å²) in [7, 11) is 1.36. The Balaban J connectivity index is 1.73. The number of aromatic nitrogens is 3. The van der Waals surface area contributed by atoms with Crippen LogP contribution >= 0.6 is 11.8 Å². The van der Waals surface area contributed by atoms with Gasteiger partial charge in [0, 0.05) is 5.75 Å². The van der Waals surface area contributed by atoms with Crippen LogP contribution in [-0.2, 0) is 10.5 Å². The van der Waals surface area contributed by atoms with Crippen LogP contribution in [0.3, 0.4) is 0 Å². The number of esters is 1. The Morgan fingerprint density at radius 3 is 2.58 bits per heavy atom. The van der Waals surface area contributed by atoms with E-state index in [0.717, 1.165) is 16.8 Å². The van der Waals surface area contributed by atoms with Gasteiger partial charge in [0.2, 0.25) is 0 Å². The molecule has 0 N–H and O–H groups in total. The van der Waals surface area contributed by atoms with E-state index >= 15 is 0 Å². The third-order valence-electron chi connectivity index (χ3n) is 4.82. The van der Waals surface area contributed by atoms with Crippen molar-refractivity contribution >= 4 is 17.7 Å². The van der Waals surface area contributed by atoms with Gasteiger partial charge in [-0.25, -0.2) is 9.18 Å². The molecular formula is C24H20FN3O2S. The molecule has 0 radical (unpaired) electrons. The minimum Gasteiger partial charge on any atom is -0.465 e. The van der Waals surface area contributed by atoms with E-state index in [0.29, 0.717) is 27.9 Å². The van der Waals surface area contributed by atoms with Crippen molar-refractivity contribution in [2.24, 2.45) is 0 Å². The van der Waals surface area contributed by atoms with Gasteiger partial charge >= 0.3 is 5.97 Å². The number of benzene rings is 3. The Morgan fingerprint density at radius 2 is 1.81 bits per heavy atom. The lowest BCUT2D eigenvalue weighted by Crippen LogP contribution is -2.03. The van der Waals surface area contributed by atoms with Crippen LogP contribution in [0.1, 0.15) is 21.5 Å². The third-order valence-corrected chi connectivity index (χ3v) is 5.82. The molecule has 0 aliphatic heterocycles. The maximum atomic E-state index is 14.6. The minimum atomic E-state index is -0.378. The molecule has 0 fully saturated rings. The summed E-state index contributed by atoms with van der Waals surface area (Å²) >= 11 is 1.47. The van der Waals surface area contributed by atoms with Crippen molar-refractivity contribution in [2.75, 3.05) is 7.11 Å². The highest BCUT2D eigenvalue weighted by molar-refractivity contribution is 7.98. The standard InChI is InChI=1S/C24H20FN3O2S/c1-16-8-3-6-13-21(16)28-22(19-11-4-5-12-20(19)25)26-27-24(28)31-15-17-9-7-10-18(14-17)23(29)30-2/h3-14H,15H2,1-2H3.